The minimum Gasteiger partial charge on any atom is -0.387 e. The Labute approximate surface area is 87.4 Å². The third-order valence-corrected chi connectivity index (χ3v) is 2.58. The van der Waals surface area contributed by atoms with Gasteiger partial charge < -0.3 is 5.73 Å². The molecule has 0 aliphatic carbocycles. The van der Waals surface area contributed by atoms with Crippen LogP contribution in [0.5, 0.6) is 0 Å². The molecule has 2 nitrogen and oxygen atoms in total. The van der Waals surface area contributed by atoms with Gasteiger partial charge in [-0.05, 0) is 19.3 Å². The van der Waals surface area contributed by atoms with Gasteiger partial charge in [-0.3, -0.25) is 4.99 Å². The van der Waals surface area contributed by atoms with E-state index in [2.05, 4.69) is 11.9 Å². The second-order valence-corrected chi connectivity index (χ2v) is 3.64. The van der Waals surface area contributed by atoms with E-state index < -0.39 is 0 Å². The summed E-state index contributed by atoms with van der Waals surface area (Å²) in [5.41, 5.74) is 5.87. The van der Waals surface area contributed by atoms with E-state index >= 15 is 0 Å². The van der Waals surface area contributed by atoms with Crippen molar-refractivity contribution < 1.29 is 0 Å². The van der Waals surface area contributed by atoms with Crippen molar-refractivity contribution in [2.45, 2.75) is 45.4 Å². The molecule has 2 N–H and O–H groups in total. The van der Waals surface area contributed by atoms with Gasteiger partial charge in [0.05, 0.1) is 5.84 Å². The molecule has 1 rings (SSSR count). The van der Waals surface area contributed by atoms with Crippen LogP contribution in [-0.4, -0.2) is 12.4 Å². The van der Waals surface area contributed by atoms with Crippen molar-refractivity contribution in [3.05, 3.63) is 0 Å². The summed E-state index contributed by atoms with van der Waals surface area (Å²) in [6, 6.07) is 0. The summed E-state index contributed by atoms with van der Waals surface area (Å²) in [5, 5.41) is 0. The summed E-state index contributed by atoms with van der Waals surface area (Å²) in [7, 11) is 0. The van der Waals surface area contributed by atoms with Crippen LogP contribution < -0.4 is 5.73 Å². The van der Waals surface area contributed by atoms with Crippen molar-refractivity contribution in [3.8, 4) is 0 Å². The van der Waals surface area contributed by atoms with Crippen molar-refractivity contribution in [1.82, 2.24) is 0 Å². The summed E-state index contributed by atoms with van der Waals surface area (Å²) in [6.45, 7) is 3.18. The van der Waals surface area contributed by atoms with Crippen LogP contribution in [0.25, 0.3) is 0 Å². The SMILES string of the molecule is CCCCC1CCCCN=C1N.Cl. The summed E-state index contributed by atoms with van der Waals surface area (Å²) >= 11 is 0. The first kappa shape index (κ1) is 12.8. The molecule has 0 fully saturated rings. The molecule has 0 aromatic heterocycles. The van der Waals surface area contributed by atoms with Crippen LogP contribution in [0.1, 0.15) is 45.4 Å². The number of nitrogens with zero attached hydrogens (tertiary/aromatic N) is 1. The van der Waals surface area contributed by atoms with E-state index in [4.69, 9.17) is 5.73 Å². The van der Waals surface area contributed by atoms with E-state index in [1.54, 1.807) is 0 Å². The molecule has 3 heteroatoms. The number of rotatable bonds is 3. The molecular weight excluding hydrogens is 184 g/mol. The highest BCUT2D eigenvalue weighted by Gasteiger charge is 2.14. The topological polar surface area (TPSA) is 38.4 Å². The number of hydrogen-bond donors (Lipinski definition) is 1. The van der Waals surface area contributed by atoms with Crippen molar-refractivity contribution in [2.75, 3.05) is 6.54 Å². The fourth-order valence-corrected chi connectivity index (χ4v) is 1.73. The van der Waals surface area contributed by atoms with E-state index in [0.717, 1.165) is 12.4 Å². The van der Waals surface area contributed by atoms with Crippen LogP contribution in [0.4, 0.5) is 0 Å². The lowest BCUT2D eigenvalue weighted by Crippen LogP contribution is -2.22. The molecule has 0 aromatic rings. The predicted octanol–water partition coefficient (Wildman–Crippen LogP) is 2.76. The standard InChI is InChI=1S/C10H20N2.ClH/c1-2-3-6-9-7-4-5-8-12-10(9)11;/h9H,2-8H2,1H3,(H2,11,12);1H. The van der Waals surface area contributed by atoms with E-state index in [1.165, 1.54) is 38.5 Å². The number of unbranched alkanes of at least 4 members (excludes halogenated alkanes) is 1. The largest absolute Gasteiger partial charge is 0.387 e. The van der Waals surface area contributed by atoms with Gasteiger partial charge in [-0.25, -0.2) is 0 Å². The summed E-state index contributed by atoms with van der Waals surface area (Å²) in [4.78, 5) is 4.35. The highest BCUT2D eigenvalue weighted by atomic mass is 35.5. The Hall–Kier alpha value is -0.240. The molecule has 1 unspecified atom stereocenters. The molecule has 78 valence electrons. The van der Waals surface area contributed by atoms with E-state index in [9.17, 15) is 0 Å². The van der Waals surface area contributed by atoms with Crippen molar-refractivity contribution in [1.29, 1.82) is 0 Å². The zero-order valence-corrected chi connectivity index (χ0v) is 9.28. The second-order valence-electron chi connectivity index (χ2n) is 3.64. The normalized spacial score (nSPS) is 22.8. The molecule has 1 atom stereocenters. The molecule has 0 radical (unpaired) electrons. The number of amidine groups is 1. The van der Waals surface area contributed by atoms with Gasteiger partial charge in [-0.1, -0.05) is 26.2 Å². The lowest BCUT2D eigenvalue weighted by molar-refractivity contribution is 0.528. The number of nitrogens with two attached hydrogens (primary N) is 1. The van der Waals surface area contributed by atoms with Crippen molar-refractivity contribution >= 4 is 18.2 Å². The van der Waals surface area contributed by atoms with Crippen molar-refractivity contribution in [3.63, 3.8) is 0 Å². The van der Waals surface area contributed by atoms with Crippen LogP contribution >= 0.6 is 12.4 Å². The molecule has 0 saturated heterocycles. The molecule has 13 heavy (non-hydrogen) atoms. The summed E-state index contributed by atoms with van der Waals surface area (Å²) in [6.07, 6.45) is 7.59. The zero-order chi connectivity index (χ0) is 8.81. The third-order valence-electron chi connectivity index (χ3n) is 2.58. The van der Waals surface area contributed by atoms with Crippen molar-refractivity contribution in [2.24, 2.45) is 16.6 Å². The van der Waals surface area contributed by atoms with E-state index in [0.29, 0.717) is 5.92 Å². The third kappa shape index (κ3) is 4.51. The molecule has 1 heterocycles. The van der Waals surface area contributed by atoms with Gasteiger partial charge in [-0.2, -0.15) is 0 Å². The maximum absolute atomic E-state index is 5.87. The molecular formula is C10H21ClN2. The molecule has 0 spiro atoms. The van der Waals surface area contributed by atoms with Gasteiger partial charge in [0.1, 0.15) is 0 Å². The second kappa shape index (κ2) is 7.19. The van der Waals surface area contributed by atoms with E-state index in [1.807, 2.05) is 0 Å². The molecule has 0 aromatic carbocycles. The first-order valence-electron chi connectivity index (χ1n) is 5.14. The highest BCUT2D eigenvalue weighted by molar-refractivity contribution is 5.85. The van der Waals surface area contributed by atoms with E-state index in [-0.39, 0.29) is 12.4 Å². The van der Waals surface area contributed by atoms with Crippen LogP contribution in [0, 0.1) is 5.92 Å². The van der Waals surface area contributed by atoms with Crippen LogP contribution in [0.3, 0.4) is 0 Å². The number of aliphatic imine (C=N–C) groups is 1. The van der Waals surface area contributed by atoms with Gasteiger partial charge in [0.2, 0.25) is 0 Å². The molecule has 0 bridgehead atoms. The minimum atomic E-state index is 0. The average molecular weight is 205 g/mol. The first-order valence-corrected chi connectivity index (χ1v) is 5.14. The van der Waals surface area contributed by atoms with Gasteiger partial charge in [0.25, 0.3) is 0 Å². The predicted molar refractivity (Wildman–Crippen MR) is 60.6 cm³/mol. The van der Waals surface area contributed by atoms with Gasteiger partial charge in [0.15, 0.2) is 0 Å². The number of halogens is 1. The van der Waals surface area contributed by atoms with Gasteiger partial charge in [0, 0.05) is 12.5 Å². The zero-order valence-electron chi connectivity index (χ0n) is 8.46. The fourth-order valence-electron chi connectivity index (χ4n) is 1.73. The maximum Gasteiger partial charge on any atom is 0.0968 e. The number of hydrogen-bond acceptors (Lipinski definition) is 2. The molecule has 1 aliphatic rings. The molecule has 0 saturated carbocycles. The monoisotopic (exact) mass is 204 g/mol. The lowest BCUT2D eigenvalue weighted by atomic mass is 9.96. The Morgan fingerprint density at radius 3 is 2.92 bits per heavy atom. The van der Waals surface area contributed by atoms with Gasteiger partial charge >= 0.3 is 0 Å². The fraction of sp³-hybridized carbons (Fsp3) is 0.900. The smallest absolute Gasteiger partial charge is 0.0968 e. The van der Waals surface area contributed by atoms with Gasteiger partial charge in [-0.15, -0.1) is 12.4 Å². The van der Waals surface area contributed by atoms with Crippen LogP contribution in [0.2, 0.25) is 0 Å². The molecule has 0 amide bonds. The first-order chi connectivity index (χ1) is 5.84. The Balaban J connectivity index is 0.00000144. The Bertz CT molecular complexity index is 157. The Morgan fingerprint density at radius 1 is 1.46 bits per heavy atom. The average Bonchev–Trinajstić information content (AvgIpc) is 2.27. The Kier molecular flexibility index (Phi) is 7.06. The minimum absolute atomic E-state index is 0. The summed E-state index contributed by atoms with van der Waals surface area (Å²) < 4.78 is 0. The highest BCUT2D eigenvalue weighted by Crippen LogP contribution is 2.18. The Morgan fingerprint density at radius 2 is 2.23 bits per heavy atom. The quantitative estimate of drug-likeness (QED) is 0.755. The maximum atomic E-state index is 5.87. The molecule has 1 aliphatic heterocycles. The summed E-state index contributed by atoms with van der Waals surface area (Å²) in [5.74, 6) is 1.51. The van der Waals surface area contributed by atoms with Crippen LogP contribution in [0.15, 0.2) is 4.99 Å². The lowest BCUT2D eigenvalue weighted by Gasteiger charge is -2.12. The van der Waals surface area contributed by atoms with Crippen LogP contribution in [-0.2, 0) is 0 Å².